The van der Waals surface area contributed by atoms with Gasteiger partial charge in [0, 0.05) is 38.0 Å². The SMILES string of the molecule is O=C(CCC(=O)N1CCC2(CCNC2)CC1)c1cc(Cl)sc1Cl. The number of hydrogen-bond donors (Lipinski definition) is 1. The van der Waals surface area contributed by atoms with Gasteiger partial charge in [-0.05, 0) is 37.3 Å². The van der Waals surface area contributed by atoms with Gasteiger partial charge in [0.25, 0.3) is 0 Å². The van der Waals surface area contributed by atoms with E-state index in [1.807, 2.05) is 4.90 Å². The van der Waals surface area contributed by atoms with Crippen LogP contribution < -0.4 is 5.32 Å². The van der Waals surface area contributed by atoms with Crippen molar-refractivity contribution in [3.63, 3.8) is 0 Å². The zero-order valence-electron chi connectivity index (χ0n) is 12.9. The molecule has 4 nitrogen and oxygen atoms in total. The van der Waals surface area contributed by atoms with E-state index in [0.717, 1.165) is 39.0 Å². The predicted octanol–water partition coefficient (Wildman–Crippen LogP) is 3.62. The average molecular weight is 375 g/mol. The number of Topliss-reactive ketones (excluding diaryl/α,β-unsaturated/α-hetero) is 1. The Labute approximate surface area is 150 Å². The van der Waals surface area contributed by atoms with Gasteiger partial charge < -0.3 is 10.2 Å². The van der Waals surface area contributed by atoms with Crippen LogP contribution in [0.2, 0.25) is 8.67 Å². The summed E-state index contributed by atoms with van der Waals surface area (Å²) < 4.78 is 0.900. The zero-order chi connectivity index (χ0) is 16.4. The first-order chi connectivity index (χ1) is 11.0. The van der Waals surface area contributed by atoms with Crippen molar-refractivity contribution in [2.24, 2.45) is 5.41 Å². The fourth-order valence-electron chi connectivity index (χ4n) is 3.50. The summed E-state index contributed by atoms with van der Waals surface area (Å²) in [5.41, 5.74) is 0.831. The molecule has 1 N–H and O–H groups in total. The Hall–Kier alpha value is -0.620. The Morgan fingerprint density at radius 1 is 1.22 bits per heavy atom. The summed E-state index contributed by atoms with van der Waals surface area (Å²) in [5.74, 6) is -0.0448. The third-order valence-corrected chi connectivity index (χ3v) is 6.52. The molecule has 0 atom stereocenters. The maximum Gasteiger partial charge on any atom is 0.223 e. The van der Waals surface area contributed by atoms with E-state index in [-0.39, 0.29) is 24.5 Å². The Morgan fingerprint density at radius 3 is 2.52 bits per heavy atom. The number of amides is 1. The molecule has 0 saturated carbocycles. The Bertz CT molecular complexity index is 601. The number of carbonyl (C=O) groups is 2. The van der Waals surface area contributed by atoms with Gasteiger partial charge in [0.15, 0.2) is 5.78 Å². The third-order valence-electron chi connectivity index (χ3n) is 5.03. The first kappa shape index (κ1) is 17.2. The number of carbonyl (C=O) groups excluding carboxylic acids is 2. The van der Waals surface area contributed by atoms with E-state index in [2.05, 4.69) is 5.32 Å². The van der Waals surface area contributed by atoms with Crippen LogP contribution in [0.1, 0.15) is 42.5 Å². The number of nitrogens with zero attached hydrogens (tertiary/aromatic N) is 1. The van der Waals surface area contributed by atoms with Crippen LogP contribution in [-0.2, 0) is 4.79 Å². The van der Waals surface area contributed by atoms with Gasteiger partial charge in [0.2, 0.25) is 5.91 Å². The van der Waals surface area contributed by atoms with Gasteiger partial charge in [0.1, 0.15) is 4.34 Å². The molecule has 2 aliphatic rings. The molecular formula is C16H20Cl2N2O2S. The minimum Gasteiger partial charge on any atom is -0.343 e. The molecular weight excluding hydrogens is 355 g/mol. The van der Waals surface area contributed by atoms with Gasteiger partial charge in [-0.2, -0.15) is 0 Å². The summed E-state index contributed by atoms with van der Waals surface area (Å²) in [4.78, 5) is 26.4. The summed E-state index contributed by atoms with van der Waals surface area (Å²) in [6.45, 7) is 3.77. The van der Waals surface area contributed by atoms with Crippen molar-refractivity contribution in [3.8, 4) is 0 Å². The van der Waals surface area contributed by atoms with Crippen LogP contribution in [0.15, 0.2) is 6.07 Å². The molecule has 0 radical (unpaired) electrons. The van der Waals surface area contributed by atoms with E-state index in [1.165, 1.54) is 17.8 Å². The summed E-state index contributed by atoms with van der Waals surface area (Å²) in [6.07, 6.45) is 3.77. The average Bonchev–Trinajstić information content (AvgIpc) is 3.12. The van der Waals surface area contributed by atoms with Gasteiger partial charge in [-0.25, -0.2) is 0 Å². The number of nitrogens with one attached hydrogen (secondary N) is 1. The number of ketones is 1. The lowest BCUT2D eigenvalue weighted by molar-refractivity contribution is -0.133. The van der Waals surface area contributed by atoms with Crippen LogP contribution in [0.5, 0.6) is 0 Å². The van der Waals surface area contributed by atoms with Gasteiger partial charge in [-0.1, -0.05) is 23.2 Å². The fourth-order valence-corrected chi connectivity index (χ4v) is 5.00. The predicted molar refractivity (Wildman–Crippen MR) is 93.6 cm³/mol. The third kappa shape index (κ3) is 3.90. The van der Waals surface area contributed by atoms with E-state index in [0.29, 0.717) is 19.7 Å². The van der Waals surface area contributed by atoms with Crippen molar-refractivity contribution >= 4 is 46.2 Å². The number of piperidine rings is 1. The van der Waals surface area contributed by atoms with Crippen LogP contribution in [0.4, 0.5) is 0 Å². The van der Waals surface area contributed by atoms with Gasteiger partial charge >= 0.3 is 0 Å². The van der Waals surface area contributed by atoms with Crippen LogP contribution >= 0.6 is 34.5 Å². The van der Waals surface area contributed by atoms with Crippen LogP contribution in [0.3, 0.4) is 0 Å². The molecule has 2 saturated heterocycles. The Morgan fingerprint density at radius 2 is 1.96 bits per heavy atom. The molecule has 23 heavy (non-hydrogen) atoms. The van der Waals surface area contributed by atoms with E-state index in [4.69, 9.17) is 23.2 Å². The molecule has 1 aromatic rings. The van der Waals surface area contributed by atoms with Gasteiger partial charge in [-0.3, -0.25) is 9.59 Å². The van der Waals surface area contributed by atoms with Crippen molar-refractivity contribution in [3.05, 3.63) is 20.3 Å². The maximum absolute atomic E-state index is 12.3. The van der Waals surface area contributed by atoms with Gasteiger partial charge in [-0.15, -0.1) is 11.3 Å². The fraction of sp³-hybridized carbons (Fsp3) is 0.625. The molecule has 1 aromatic heterocycles. The first-order valence-corrected chi connectivity index (χ1v) is 9.53. The van der Waals surface area contributed by atoms with Crippen LogP contribution in [0.25, 0.3) is 0 Å². The molecule has 126 valence electrons. The lowest BCUT2D eigenvalue weighted by Gasteiger charge is -2.38. The lowest BCUT2D eigenvalue weighted by atomic mass is 9.78. The topological polar surface area (TPSA) is 49.4 Å². The number of rotatable bonds is 4. The molecule has 3 rings (SSSR count). The highest BCUT2D eigenvalue weighted by atomic mass is 35.5. The highest BCUT2D eigenvalue weighted by Crippen LogP contribution is 2.37. The van der Waals surface area contributed by atoms with Gasteiger partial charge in [0.05, 0.1) is 4.34 Å². The number of halogens is 2. The Balaban J connectivity index is 1.48. The van der Waals surface area contributed by atoms with Crippen molar-refractivity contribution in [2.75, 3.05) is 26.2 Å². The number of likely N-dealkylation sites (tertiary alicyclic amines) is 1. The van der Waals surface area contributed by atoms with Crippen molar-refractivity contribution in [2.45, 2.75) is 32.1 Å². The molecule has 2 aliphatic heterocycles. The summed E-state index contributed by atoms with van der Waals surface area (Å²) >= 11 is 13.0. The summed E-state index contributed by atoms with van der Waals surface area (Å²) in [6, 6.07) is 1.58. The minimum absolute atomic E-state index is 0.0663. The number of hydrogen-bond acceptors (Lipinski definition) is 4. The largest absolute Gasteiger partial charge is 0.343 e. The molecule has 1 spiro atoms. The first-order valence-electron chi connectivity index (χ1n) is 7.96. The number of thiophene rings is 1. The minimum atomic E-state index is -0.111. The van der Waals surface area contributed by atoms with Crippen molar-refractivity contribution in [1.29, 1.82) is 0 Å². The maximum atomic E-state index is 12.3. The molecule has 7 heteroatoms. The molecule has 3 heterocycles. The quantitative estimate of drug-likeness (QED) is 0.818. The van der Waals surface area contributed by atoms with Crippen molar-refractivity contribution in [1.82, 2.24) is 10.2 Å². The molecule has 0 aliphatic carbocycles. The monoisotopic (exact) mass is 374 g/mol. The molecule has 0 aromatic carbocycles. The molecule has 1 amide bonds. The molecule has 0 unspecified atom stereocenters. The smallest absolute Gasteiger partial charge is 0.223 e. The van der Waals surface area contributed by atoms with E-state index in [1.54, 1.807) is 6.07 Å². The second kappa shape index (κ2) is 7.09. The Kier molecular flexibility index (Phi) is 5.31. The van der Waals surface area contributed by atoms with Crippen LogP contribution in [0, 0.1) is 5.41 Å². The normalized spacial score (nSPS) is 20.2. The van der Waals surface area contributed by atoms with E-state index in [9.17, 15) is 9.59 Å². The van der Waals surface area contributed by atoms with Crippen molar-refractivity contribution < 1.29 is 9.59 Å². The zero-order valence-corrected chi connectivity index (χ0v) is 15.2. The summed E-state index contributed by atoms with van der Waals surface area (Å²) in [5, 5.41) is 3.42. The van der Waals surface area contributed by atoms with E-state index < -0.39 is 0 Å². The highest BCUT2D eigenvalue weighted by molar-refractivity contribution is 7.20. The van der Waals surface area contributed by atoms with Crippen LogP contribution in [-0.4, -0.2) is 42.8 Å². The molecule has 0 bridgehead atoms. The van der Waals surface area contributed by atoms with E-state index >= 15 is 0 Å². The standard InChI is InChI=1S/C16H20Cl2N2O2S/c17-13-9-11(15(18)23-13)12(21)1-2-14(22)20-7-4-16(5-8-20)3-6-19-10-16/h9,19H,1-8,10H2. The lowest BCUT2D eigenvalue weighted by Crippen LogP contribution is -2.44. The summed E-state index contributed by atoms with van der Waals surface area (Å²) in [7, 11) is 0. The molecule has 2 fully saturated rings. The second-order valence-electron chi connectivity index (χ2n) is 6.47. The second-order valence-corrected chi connectivity index (χ2v) is 8.75. The highest BCUT2D eigenvalue weighted by Gasteiger charge is 2.37.